The highest BCUT2D eigenvalue weighted by Gasteiger charge is 2.16. The number of nitrogens with zero attached hydrogens (tertiary/aromatic N) is 2. The van der Waals surface area contributed by atoms with Crippen LogP contribution in [0.1, 0.15) is 12.5 Å². The SMILES string of the molecule is CC(=O)N(C)CC(=O)N(CCN)CCc1ccccc1. The third-order valence-corrected chi connectivity index (χ3v) is 3.17. The Kier molecular flexibility index (Phi) is 6.73. The minimum Gasteiger partial charge on any atom is -0.340 e. The maximum absolute atomic E-state index is 12.1. The fourth-order valence-electron chi connectivity index (χ4n) is 1.84. The van der Waals surface area contributed by atoms with Gasteiger partial charge in [0.05, 0.1) is 6.54 Å². The van der Waals surface area contributed by atoms with Gasteiger partial charge in [0.15, 0.2) is 0 Å². The van der Waals surface area contributed by atoms with Gasteiger partial charge in [-0.05, 0) is 12.0 Å². The molecule has 110 valence electrons. The lowest BCUT2D eigenvalue weighted by Crippen LogP contribution is -2.43. The normalized spacial score (nSPS) is 10.2. The summed E-state index contributed by atoms with van der Waals surface area (Å²) in [5.41, 5.74) is 6.73. The number of hydrogen-bond acceptors (Lipinski definition) is 3. The molecule has 0 saturated heterocycles. The Bertz CT molecular complexity index is 434. The van der Waals surface area contributed by atoms with Gasteiger partial charge in [0.1, 0.15) is 0 Å². The third-order valence-electron chi connectivity index (χ3n) is 3.17. The topological polar surface area (TPSA) is 66.6 Å². The minimum absolute atomic E-state index is 0.0657. The van der Waals surface area contributed by atoms with E-state index in [1.807, 2.05) is 30.3 Å². The van der Waals surface area contributed by atoms with Crippen molar-refractivity contribution in [2.45, 2.75) is 13.3 Å². The predicted octanol–water partition coefficient (Wildman–Crippen LogP) is 0.495. The lowest BCUT2D eigenvalue weighted by molar-refractivity contribution is -0.138. The van der Waals surface area contributed by atoms with Gasteiger partial charge >= 0.3 is 0 Å². The standard InChI is InChI=1S/C15H23N3O2/c1-13(19)17(2)12-15(20)18(11-9-16)10-8-14-6-4-3-5-7-14/h3-7H,8-12,16H2,1-2H3. The van der Waals surface area contributed by atoms with Crippen LogP contribution in [0.5, 0.6) is 0 Å². The quantitative estimate of drug-likeness (QED) is 0.789. The maximum atomic E-state index is 12.1. The summed E-state index contributed by atoms with van der Waals surface area (Å²) in [5.74, 6) is -0.182. The number of carbonyl (C=O) groups is 2. The van der Waals surface area contributed by atoms with Crippen molar-refractivity contribution >= 4 is 11.8 Å². The molecule has 20 heavy (non-hydrogen) atoms. The molecule has 0 unspecified atom stereocenters. The highest BCUT2D eigenvalue weighted by molar-refractivity contribution is 5.83. The summed E-state index contributed by atoms with van der Waals surface area (Å²) in [6.07, 6.45) is 0.788. The second-order valence-electron chi connectivity index (χ2n) is 4.78. The van der Waals surface area contributed by atoms with Crippen molar-refractivity contribution in [1.29, 1.82) is 0 Å². The van der Waals surface area contributed by atoms with Gasteiger partial charge in [-0.25, -0.2) is 0 Å². The molecule has 0 aliphatic carbocycles. The Labute approximate surface area is 120 Å². The number of benzene rings is 1. The smallest absolute Gasteiger partial charge is 0.242 e. The van der Waals surface area contributed by atoms with Crippen molar-refractivity contribution < 1.29 is 9.59 Å². The van der Waals surface area contributed by atoms with E-state index in [0.717, 1.165) is 6.42 Å². The van der Waals surface area contributed by atoms with Gasteiger partial charge in [0, 0.05) is 33.6 Å². The molecule has 0 aromatic heterocycles. The molecule has 0 atom stereocenters. The first-order chi connectivity index (χ1) is 9.54. The van der Waals surface area contributed by atoms with Crippen molar-refractivity contribution in [2.75, 3.05) is 33.2 Å². The van der Waals surface area contributed by atoms with Crippen LogP contribution >= 0.6 is 0 Å². The minimum atomic E-state index is -0.117. The summed E-state index contributed by atoms with van der Waals surface area (Å²) >= 11 is 0. The molecule has 0 heterocycles. The van der Waals surface area contributed by atoms with Crippen LogP contribution in [0.25, 0.3) is 0 Å². The molecule has 2 N–H and O–H groups in total. The Morgan fingerprint density at radius 3 is 2.35 bits per heavy atom. The predicted molar refractivity (Wildman–Crippen MR) is 79.1 cm³/mol. The van der Waals surface area contributed by atoms with Crippen LogP contribution in [-0.4, -0.2) is 54.8 Å². The molecule has 2 amide bonds. The number of amides is 2. The molecule has 1 rings (SSSR count). The Morgan fingerprint density at radius 2 is 1.80 bits per heavy atom. The molecule has 1 aromatic rings. The first-order valence-electron chi connectivity index (χ1n) is 6.78. The van der Waals surface area contributed by atoms with Crippen LogP contribution in [0.15, 0.2) is 30.3 Å². The first kappa shape index (κ1) is 16.2. The van der Waals surface area contributed by atoms with E-state index in [2.05, 4.69) is 0 Å². The van der Waals surface area contributed by atoms with Crippen LogP contribution in [0.2, 0.25) is 0 Å². The summed E-state index contributed by atoms with van der Waals surface area (Å²) in [5, 5.41) is 0. The summed E-state index contributed by atoms with van der Waals surface area (Å²) in [7, 11) is 1.62. The number of rotatable bonds is 7. The third kappa shape index (κ3) is 5.40. The Balaban J connectivity index is 2.55. The zero-order chi connectivity index (χ0) is 15.0. The molecule has 0 saturated carbocycles. The number of nitrogens with two attached hydrogens (primary N) is 1. The van der Waals surface area contributed by atoms with Crippen molar-refractivity contribution in [3.63, 3.8) is 0 Å². The van der Waals surface area contributed by atoms with Crippen molar-refractivity contribution in [2.24, 2.45) is 5.73 Å². The maximum Gasteiger partial charge on any atom is 0.242 e. The monoisotopic (exact) mass is 277 g/mol. The molecule has 5 nitrogen and oxygen atoms in total. The van der Waals surface area contributed by atoms with E-state index >= 15 is 0 Å². The molecule has 0 aliphatic rings. The molecule has 0 aliphatic heterocycles. The average Bonchev–Trinajstić information content (AvgIpc) is 2.44. The van der Waals surface area contributed by atoms with Crippen LogP contribution in [0.4, 0.5) is 0 Å². The lowest BCUT2D eigenvalue weighted by atomic mass is 10.1. The van der Waals surface area contributed by atoms with Gasteiger partial charge in [0.25, 0.3) is 0 Å². The van der Waals surface area contributed by atoms with Gasteiger partial charge in [0.2, 0.25) is 11.8 Å². The van der Waals surface area contributed by atoms with Gasteiger partial charge in [-0.2, -0.15) is 0 Å². The Hall–Kier alpha value is -1.88. The van der Waals surface area contributed by atoms with E-state index < -0.39 is 0 Å². The van der Waals surface area contributed by atoms with E-state index in [1.165, 1.54) is 17.4 Å². The Morgan fingerprint density at radius 1 is 1.15 bits per heavy atom. The number of carbonyl (C=O) groups excluding carboxylic acids is 2. The van der Waals surface area contributed by atoms with E-state index in [1.54, 1.807) is 11.9 Å². The van der Waals surface area contributed by atoms with Crippen molar-refractivity contribution in [1.82, 2.24) is 9.80 Å². The van der Waals surface area contributed by atoms with E-state index in [4.69, 9.17) is 5.73 Å². The highest BCUT2D eigenvalue weighted by Crippen LogP contribution is 2.02. The zero-order valence-electron chi connectivity index (χ0n) is 12.2. The number of hydrogen-bond donors (Lipinski definition) is 1. The number of likely N-dealkylation sites (N-methyl/N-ethyl adjacent to an activating group) is 1. The van der Waals surface area contributed by atoms with Crippen LogP contribution in [0.3, 0.4) is 0 Å². The van der Waals surface area contributed by atoms with Gasteiger partial charge in [-0.3, -0.25) is 9.59 Å². The molecule has 1 aromatic carbocycles. The molecule has 0 radical (unpaired) electrons. The van der Waals surface area contributed by atoms with E-state index in [9.17, 15) is 9.59 Å². The molecular weight excluding hydrogens is 254 g/mol. The fraction of sp³-hybridized carbons (Fsp3) is 0.467. The van der Waals surface area contributed by atoms with Gasteiger partial charge < -0.3 is 15.5 Å². The second kappa shape index (κ2) is 8.32. The van der Waals surface area contributed by atoms with Crippen LogP contribution < -0.4 is 5.73 Å². The largest absolute Gasteiger partial charge is 0.340 e. The molecular formula is C15H23N3O2. The van der Waals surface area contributed by atoms with Gasteiger partial charge in [-0.1, -0.05) is 30.3 Å². The molecule has 5 heteroatoms. The van der Waals surface area contributed by atoms with Crippen LogP contribution in [0, 0.1) is 0 Å². The summed E-state index contributed by atoms with van der Waals surface area (Å²) < 4.78 is 0. The lowest BCUT2D eigenvalue weighted by Gasteiger charge is -2.24. The fourth-order valence-corrected chi connectivity index (χ4v) is 1.84. The highest BCUT2D eigenvalue weighted by atomic mass is 16.2. The zero-order valence-corrected chi connectivity index (χ0v) is 12.2. The summed E-state index contributed by atoms with van der Waals surface area (Å²) in [6, 6.07) is 10.00. The summed E-state index contributed by atoms with van der Waals surface area (Å²) in [4.78, 5) is 26.4. The second-order valence-corrected chi connectivity index (χ2v) is 4.78. The molecule has 0 bridgehead atoms. The summed E-state index contributed by atoms with van der Waals surface area (Å²) in [6.45, 7) is 3.10. The van der Waals surface area contributed by atoms with Gasteiger partial charge in [-0.15, -0.1) is 0 Å². The van der Waals surface area contributed by atoms with Crippen molar-refractivity contribution in [3.8, 4) is 0 Å². The molecule has 0 spiro atoms. The van der Waals surface area contributed by atoms with E-state index in [-0.39, 0.29) is 18.4 Å². The van der Waals surface area contributed by atoms with E-state index in [0.29, 0.717) is 19.6 Å². The first-order valence-corrected chi connectivity index (χ1v) is 6.78. The van der Waals surface area contributed by atoms with Crippen LogP contribution in [-0.2, 0) is 16.0 Å². The average molecular weight is 277 g/mol. The van der Waals surface area contributed by atoms with Crippen molar-refractivity contribution in [3.05, 3.63) is 35.9 Å². The molecule has 0 fully saturated rings.